The molecule has 1 aliphatic carbocycles. The minimum absolute atomic E-state index is 0.113. The van der Waals surface area contributed by atoms with Crippen molar-refractivity contribution in [1.29, 1.82) is 0 Å². The van der Waals surface area contributed by atoms with E-state index in [1.54, 1.807) is 6.92 Å². The summed E-state index contributed by atoms with van der Waals surface area (Å²) in [4.78, 5) is 13.3. The van der Waals surface area contributed by atoms with Gasteiger partial charge in [0.1, 0.15) is 5.78 Å². The van der Waals surface area contributed by atoms with Crippen LogP contribution in [0, 0.1) is 11.8 Å². The van der Waals surface area contributed by atoms with Crippen molar-refractivity contribution in [3.63, 3.8) is 0 Å². The van der Waals surface area contributed by atoms with E-state index in [9.17, 15) is 4.79 Å². The van der Waals surface area contributed by atoms with E-state index in [2.05, 4.69) is 4.90 Å². The summed E-state index contributed by atoms with van der Waals surface area (Å²) in [6.45, 7) is 2.66. The van der Waals surface area contributed by atoms with Crippen LogP contribution in [0.15, 0.2) is 0 Å². The van der Waals surface area contributed by atoms with Crippen LogP contribution in [0.25, 0.3) is 0 Å². The van der Waals surface area contributed by atoms with Gasteiger partial charge < -0.3 is 0 Å². The van der Waals surface area contributed by atoms with Gasteiger partial charge in [-0.15, -0.1) is 11.6 Å². The number of hydrogen-bond acceptors (Lipinski definition) is 2. The maximum atomic E-state index is 11.1. The summed E-state index contributed by atoms with van der Waals surface area (Å²) in [6.07, 6.45) is 0. The number of hydrogen-bond donors (Lipinski definition) is 0. The Morgan fingerprint density at radius 1 is 1.64 bits per heavy atom. The zero-order valence-corrected chi connectivity index (χ0v) is 7.51. The van der Waals surface area contributed by atoms with Gasteiger partial charge in [0.15, 0.2) is 0 Å². The average molecular weight is 174 g/mol. The van der Waals surface area contributed by atoms with Crippen LogP contribution < -0.4 is 0 Å². The van der Waals surface area contributed by atoms with E-state index in [0.29, 0.717) is 11.8 Å². The molecule has 0 aromatic rings. The van der Waals surface area contributed by atoms with E-state index in [1.807, 2.05) is 7.05 Å². The van der Waals surface area contributed by atoms with Crippen molar-refractivity contribution in [1.82, 2.24) is 4.90 Å². The number of alkyl halides is 1. The van der Waals surface area contributed by atoms with Crippen LogP contribution in [0.2, 0.25) is 0 Å². The van der Waals surface area contributed by atoms with Gasteiger partial charge in [0, 0.05) is 17.8 Å². The van der Waals surface area contributed by atoms with Gasteiger partial charge in [0.05, 0.1) is 6.04 Å². The Morgan fingerprint density at radius 3 is 2.64 bits per heavy atom. The SMILES string of the molecule is CC(=O)[C@@H]1[C@H]2[C@@H](Cl)[C@H]2CN1C. The molecule has 0 aromatic heterocycles. The molecule has 0 bridgehead atoms. The van der Waals surface area contributed by atoms with Crippen molar-refractivity contribution < 1.29 is 4.79 Å². The fourth-order valence-corrected chi connectivity index (χ4v) is 2.80. The molecule has 2 fully saturated rings. The molecule has 11 heavy (non-hydrogen) atoms. The summed E-state index contributed by atoms with van der Waals surface area (Å²) in [5, 5.41) is 0.278. The average Bonchev–Trinajstić information content (AvgIpc) is 2.45. The Balaban J connectivity index is 2.13. The maximum Gasteiger partial charge on any atom is 0.147 e. The standard InChI is InChI=1S/C8H12ClNO/c1-4(11)8-6-5(7(6)9)3-10(8)2/h5-8H,3H2,1-2H3/t5-,6+,7-,8+/m0/s1. The number of fused-ring (bicyclic) bond motifs is 1. The molecule has 0 radical (unpaired) electrons. The van der Waals surface area contributed by atoms with Gasteiger partial charge in [-0.3, -0.25) is 9.69 Å². The molecule has 0 aromatic carbocycles. The first-order chi connectivity index (χ1) is 5.13. The first-order valence-electron chi connectivity index (χ1n) is 3.97. The molecule has 1 saturated heterocycles. The van der Waals surface area contributed by atoms with Gasteiger partial charge in [-0.1, -0.05) is 0 Å². The largest absolute Gasteiger partial charge is 0.298 e. The predicted octanol–water partition coefficient (Wildman–Crippen LogP) is 0.743. The minimum Gasteiger partial charge on any atom is -0.298 e. The second kappa shape index (κ2) is 2.20. The molecule has 0 spiro atoms. The number of carbonyl (C=O) groups excluding carboxylic acids is 1. The second-order valence-corrected chi connectivity index (χ2v) is 4.18. The van der Waals surface area contributed by atoms with Crippen molar-refractivity contribution >= 4 is 17.4 Å². The van der Waals surface area contributed by atoms with Crippen LogP contribution in [0.1, 0.15) is 6.92 Å². The number of Topliss-reactive ketones (excluding diaryl/α,β-unsaturated/α-hetero) is 1. The third-order valence-electron chi connectivity index (χ3n) is 2.88. The predicted molar refractivity (Wildman–Crippen MR) is 43.7 cm³/mol. The number of piperidine rings is 1. The Labute approximate surface area is 71.5 Å². The van der Waals surface area contributed by atoms with E-state index in [0.717, 1.165) is 6.54 Å². The highest BCUT2D eigenvalue weighted by atomic mass is 35.5. The van der Waals surface area contributed by atoms with E-state index in [1.165, 1.54) is 0 Å². The monoisotopic (exact) mass is 173 g/mol. The molecule has 2 nitrogen and oxygen atoms in total. The Hall–Kier alpha value is -0.0800. The van der Waals surface area contributed by atoms with E-state index in [4.69, 9.17) is 11.6 Å². The highest BCUT2D eigenvalue weighted by Gasteiger charge is 2.60. The lowest BCUT2D eigenvalue weighted by Crippen LogP contribution is -2.36. The zero-order valence-electron chi connectivity index (χ0n) is 6.75. The Bertz CT molecular complexity index is 206. The van der Waals surface area contributed by atoms with Crippen LogP contribution in [0.4, 0.5) is 0 Å². The smallest absolute Gasteiger partial charge is 0.147 e. The van der Waals surface area contributed by atoms with E-state index < -0.39 is 0 Å². The zero-order chi connectivity index (χ0) is 8.17. The first kappa shape index (κ1) is 7.56. The van der Waals surface area contributed by atoms with Crippen LogP contribution in [0.5, 0.6) is 0 Å². The van der Waals surface area contributed by atoms with Crippen LogP contribution in [0.3, 0.4) is 0 Å². The molecule has 62 valence electrons. The maximum absolute atomic E-state index is 11.1. The Morgan fingerprint density at radius 2 is 2.27 bits per heavy atom. The second-order valence-electron chi connectivity index (χ2n) is 3.68. The third kappa shape index (κ3) is 0.926. The van der Waals surface area contributed by atoms with Crippen molar-refractivity contribution in [3.8, 4) is 0 Å². The molecule has 1 saturated carbocycles. The van der Waals surface area contributed by atoms with Gasteiger partial charge in [-0.05, 0) is 19.9 Å². The molecule has 2 rings (SSSR count). The number of halogens is 1. The molecule has 3 heteroatoms. The molecule has 0 amide bonds. The molecular weight excluding hydrogens is 162 g/mol. The lowest BCUT2D eigenvalue weighted by Gasteiger charge is -2.20. The minimum atomic E-state index is 0.113. The normalized spacial score (nSPS) is 49.0. The number of carbonyl (C=O) groups is 1. The third-order valence-corrected chi connectivity index (χ3v) is 3.50. The van der Waals surface area contributed by atoms with Gasteiger partial charge in [0.25, 0.3) is 0 Å². The Kier molecular flexibility index (Phi) is 1.52. The first-order valence-corrected chi connectivity index (χ1v) is 4.41. The number of rotatable bonds is 1. The molecule has 0 unspecified atom stereocenters. The van der Waals surface area contributed by atoms with E-state index >= 15 is 0 Å². The van der Waals surface area contributed by atoms with Crippen LogP contribution in [-0.4, -0.2) is 35.7 Å². The number of ketones is 1. The molecule has 2 aliphatic rings. The summed E-state index contributed by atoms with van der Waals surface area (Å²) < 4.78 is 0. The lowest BCUT2D eigenvalue weighted by molar-refractivity contribution is -0.121. The summed E-state index contributed by atoms with van der Waals surface area (Å²) in [5.41, 5.74) is 0. The summed E-state index contributed by atoms with van der Waals surface area (Å²) >= 11 is 5.98. The molecule has 1 aliphatic heterocycles. The highest BCUT2D eigenvalue weighted by Crippen LogP contribution is 2.52. The van der Waals surface area contributed by atoms with Gasteiger partial charge >= 0.3 is 0 Å². The fraction of sp³-hybridized carbons (Fsp3) is 0.875. The summed E-state index contributed by atoms with van der Waals surface area (Å²) in [5.74, 6) is 1.32. The van der Waals surface area contributed by atoms with Crippen molar-refractivity contribution in [2.24, 2.45) is 11.8 Å². The number of nitrogens with zero attached hydrogens (tertiary/aromatic N) is 1. The molecular formula is C8H12ClNO. The molecule has 1 heterocycles. The molecule has 4 atom stereocenters. The topological polar surface area (TPSA) is 20.3 Å². The lowest BCUT2D eigenvalue weighted by atomic mass is 10.1. The van der Waals surface area contributed by atoms with Crippen molar-refractivity contribution in [2.75, 3.05) is 13.6 Å². The highest BCUT2D eigenvalue weighted by molar-refractivity contribution is 6.23. The number of likely N-dealkylation sites (N-methyl/N-ethyl adjacent to an activating group) is 1. The van der Waals surface area contributed by atoms with Crippen molar-refractivity contribution in [3.05, 3.63) is 0 Å². The fourth-order valence-electron chi connectivity index (χ4n) is 2.31. The quantitative estimate of drug-likeness (QED) is 0.546. The number of likely N-dealkylation sites (tertiary alicyclic amines) is 1. The van der Waals surface area contributed by atoms with E-state index in [-0.39, 0.29) is 17.2 Å². The van der Waals surface area contributed by atoms with Gasteiger partial charge in [-0.25, -0.2) is 0 Å². The van der Waals surface area contributed by atoms with Crippen molar-refractivity contribution in [2.45, 2.75) is 18.3 Å². The van der Waals surface area contributed by atoms with Crippen LogP contribution >= 0.6 is 11.6 Å². The summed E-state index contributed by atoms with van der Waals surface area (Å²) in [6, 6.07) is 0.113. The summed E-state index contributed by atoms with van der Waals surface area (Å²) in [7, 11) is 2.00. The van der Waals surface area contributed by atoms with Crippen LogP contribution in [-0.2, 0) is 4.79 Å². The van der Waals surface area contributed by atoms with Gasteiger partial charge in [0.2, 0.25) is 0 Å². The molecule has 0 N–H and O–H groups in total. The van der Waals surface area contributed by atoms with Gasteiger partial charge in [-0.2, -0.15) is 0 Å².